The highest BCUT2D eigenvalue weighted by Crippen LogP contribution is 2.67. The molecular formula is C28H47NO4S. The Morgan fingerprint density at radius 1 is 1.26 bits per heavy atom. The van der Waals surface area contributed by atoms with Crippen molar-refractivity contribution in [2.24, 2.45) is 34.0 Å². The van der Waals surface area contributed by atoms with Gasteiger partial charge in [0.15, 0.2) is 0 Å². The van der Waals surface area contributed by atoms with E-state index in [9.17, 15) is 14.7 Å². The van der Waals surface area contributed by atoms with Crippen molar-refractivity contribution in [3.8, 4) is 0 Å². The van der Waals surface area contributed by atoms with E-state index < -0.39 is 23.0 Å². The Morgan fingerprint density at radius 2 is 1.94 bits per heavy atom. The van der Waals surface area contributed by atoms with Gasteiger partial charge in [-0.15, -0.1) is 18.3 Å². The fourth-order valence-corrected chi connectivity index (χ4v) is 8.35. The van der Waals surface area contributed by atoms with Crippen LogP contribution in [0.25, 0.3) is 0 Å². The van der Waals surface area contributed by atoms with Gasteiger partial charge in [0.1, 0.15) is 11.9 Å². The van der Waals surface area contributed by atoms with Crippen LogP contribution >= 0.6 is 11.8 Å². The van der Waals surface area contributed by atoms with Crippen molar-refractivity contribution in [2.45, 2.75) is 85.9 Å². The molecule has 0 aromatic rings. The highest BCUT2D eigenvalue weighted by atomic mass is 32.2. The molecule has 3 rings (SSSR count). The molecule has 3 aliphatic carbocycles. The molecule has 194 valence electrons. The Morgan fingerprint density at radius 3 is 2.56 bits per heavy atom. The van der Waals surface area contributed by atoms with Crippen LogP contribution in [0.1, 0.15) is 73.6 Å². The Bertz CT molecular complexity index is 770. The fraction of sp³-hybridized carbons (Fsp3) is 0.857. The first-order chi connectivity index (χ1) is 16.0. The van der Waals surface area contributed by atoms with Crippen LogP contribution in [0, 0.1) is 34.0 Å². The monoisotopic (exact) mass is 497 g/mol. The third kappa shape index (κ3) is 4.64. The van der Waals surface area contributed by atoms with E-state index in [0.717, 1.165) is 44.6 Å². The molecule has 2 bridgehead atoms. The first kappa shape index (κ1) is 27.7. The molecular weight excluding hydrogens is 450 g/mol. The third-order valence-corrected chi connectivity index (χ3v) is 11.2. The Labute approximate surface area is 211 Å². The van der Waals surface area contributed by atoms with Crippen LogP contribution in [0.4, 0.5) is 0 Å². The minimum Gasteiger partial charge on any atom is -0.461 e. The number of aliphatic hydroxyl groups excluding tert-OH is 1. The zero-order valence-corrected chi connectivity index (χ0v) is 23.1. The first-order valence-electron chi connectivity index (χ1n) is 13.3. The van der Waals surface area contributed by atoms with Gasteiger partial charge in [0.05, 0.1) is 11.9 Å². The summed E-state index contributed by atoms with van der Waals surface area (Å²) >= 11 is 1.61. The molecule has 6 heteroatoms. The number of hydrogen-bond donors (Lipinski definition) is 1. The summed E-state index contributed by atoms with van der Waals surface area (Å²) in [6, 6.07) is 0. The van der Waals surface area contributed by atoms with Crippen molar-refractivity contribution in [3.63, 3.8) is 0 Å². The van der Waals surface area contributed by atoms with Crippen LogP contribution in [0.15, 0.2) is 12.7 Å². The highest BCUT2D eigenvalue weighted by molar-refractivity contribution is 7.99. The Kier molecular flexibility index (Phi) is 8.68. The Balaban J connectivity index is 1.88. The van der Waals surface area contributed by atoms with E-state index >= 15 is 0 Å². The lowest BCUT2D eigenvalue weighted by molar-refractivity contribution is -0.205. The van der Waals surface area contributed by atoms with E-state index in [4.69, 9.17) is 4.74 Å². The lowest BCUT2D eigenvalue weighted by Crippen LogP contribution is -2.63. The highest BCUT2D eigenvalue weighted by Gasteiger charge is 2.68. The SMILES string of the molecule is C=C[C@@]1(C)C[C@H](OC(=O)CSCCN([13CH2][13CH3])[13CH2][13CH3])[C@@]2(C)C(C)CCC3(CCC(=O)[C@@H]32)[C@H](C)[C@H]1O. The van der Waals surface area contributed by atoms with Crippen LogP contribution in [-0.4, -0.2) is 65.1 Å². The molecule has 34 heavy (non-hydrogen) atoms. The summed E-state index contributed by atoms with van der Waals surface area (Å²) in [6.07, 6.45) is 4.64. The van der Waals surface area contributed by atoms with Gasteiger partial charge in [-0.2, -0.15) is 0 Å². The van der Waals surface area contributed by atoms with Gasteiger partial charge in [-0.3, -0.25) is 9.59 Å². The molecule has 0 saturated heterocycles. The minimum absolute atomic E-state index is 0.00828. The first-order valence-corrected chi connectivity index (χ1v) is 14.5. The van der Waals surface area contributed by atoms with Gasteiger partial charge < -0.3 is 14.7 Å². The predicted octanol–water partition coefficient (Wildman–Crippen LogP) is 4.97. The standard InChI is InChI=1S/C28H47NO4S/c1-8-26(6)17-22(33-23(31)18-34-16-15-29(9-2)10-3)27(7)19(4)11-13-28(20(5)25(26)32)14-12-21(30)24(27)28/h8,19-20,22,24-25,32H,1,9-18H2,2-7H3/t19?,20-,22+,24-,25-,26+,27-,28?/m1/s1/i2+1,3+1,9+1,10+1. The zero-order valence-electron chi connectivity index (χ0n) is 22.3. The number of Topliss-reactive ketones (excluding diaryl/α,β-unsaturated/α-hetero) is 1. The average molecular weight is 498 g/mol. The lowest BCUT2D eigenvalue weighted by atomic mass is 9.44. The predicted molar refractivity (Wildman–Crippen MR) is 140 cm³/mol. The third-order valence-electron chi connectivity index (χ3n) is 10.2. The molecule has 0 aromatic carbocycles. The van der Waals surface area contributed by atoms with Crippen molar-refractivity contribution >= 4 is 23.5 Å². The molecule has 2 unspecified atom stereocenters. The second kappa shape index (κ2) is 10.6. The van der Waals surface area contributed by atoms with Crippen LogP contribution < -0.4 is 0 Å². The summed E-state index contributed by atoms with van der Waals surface area (Å²) in [4.78, 5) is 28.9. The van der Waals surface area contributed by atoms with Gasteiger partial charge in [-0.05, 0) is 56.0 Å². The number of nitrogens with zero attached hydrogens (tertiary/aromatic N) is 1. The number of hydrogen-bond acceptors (Lipinski definition) is 6. The van der Waals surface area contributed by atoms with Gasteiger partial charge in [-0.1, -0.05) is 47.6 Å². The van der Waals surface area contributed by atoms with E-state index in [1.807, 2.05) is 13.0 Å². The molecule has 8 atom stereocenters. The van der Waals surface area contributed by atoms with Crippen molar-refractivity contribution in [2.75, 3.05) is 31.1 Å². The summed E-state index contributed by atoms with van der Waals surface area (Å²) in [5.41, 5.74) is -1.25. The Hall–Kier alpha value is -0.850. The molecule has 0 spiro atoms. The van der Waals surface area contributed by atoms with Gasteiger partial charge in [0.2, 0.25) is 0 Å². The summed E-state index contributed by atoms with van der Waals surface area (Å²) in [5, 5.41) is 11.6. The van der Waals surface area contributed by atoms with Gasteiger partial charge in [0, 0.05) is 35.5 Å². The van der Waals surface area contributed by atoms with E-state index in [-0.39, 0.29) is 29.1 Å². The number of ether oxygens (including phenoxy) is 1. The number of aliphatic hydroxyl groups is 1. The van der Waals surface area contributed by atoms with E-state index in [1.165, 1.54) is 0 Å². The fourth-order valence-electron chi connectivity index (χ4n) is 7.58. The second-order valence-electron chi connectivity index (χ2n) is 11.6. The zero-order chi connectivity index (χ0) is 25.3. The molecule has 0 aliphatic heterocycles. The number of ketones is 1. The number of carbonyl (C=O) groups is 2. The second-order valence-corrected chi connectivity index (χ2v) is 12.7. The summed E-state index contributed by atoms with van der Waals surface area (Å²) in [5.74, 6) is 1.37. The molecule has 0 heterocycles. The molecule has 3 aliphatic rings. The maximum Gasteiger partial charge on any atom is 0.316 e. The molecule has 0 amide bonds. The number of carbonyl (C=O) groups excluding carboxylic acids is 2. The van der Waals surface area contributed by atoms with Crippen LogP contribution in [0.2, 0.25) is 0 Å². The lowest BCUT2D eigenvalue weighted by Gasteiger charge is -2.61. The van der Waals surface area contributed by atoms with Crippen molar-refractivity contribution in [1.29, 1.82) is 0 Å². The van der Waals surface area contributed by atoms with Crippen molar-refractivity contribution < 1.29 is 19.4 Å². The normalized spacial score (nSPS) is 42.1. The maximum absolute atomic E-state index is 13.4. The summed E-state index contributed by atoms with van der Waals surface area (Å²) in [6.45, 7) is 20.0. The van der Waals surface area contributed by atoms with E-state index in [1.54, 1.807) is 11.8 Å². The number of rotatable bonds is 9. The smallest absolute Gasteiger partial charge is 0.316 e. The maximum atomic E-state index is 13.4. The van der Waals surface area contributed by atoms with Gasteiger partial charge >= 0.3 is 5.97 Å². The average Bonchev–Trinajstić information content (AvgIpc) is 3.17. The van der Waals surface area contributed by atoms with Crippen LogP contribution in [0.3, 0.4) is 0 Å². The number of thioether (sulfide) groups is 1. The molecule has 0 aromatic heterocycles. The number of esters is 1. The largest absolute Gasteiger partial charge is 0.461 e. The van der Waals surface area contributed by atoms with Crippen molar-refractivity contribution in [3.05, 3.63) is 12.7 Å². The van der Waals surface area contributed by atoms with Crippen molar-refractivity contribution in [1.82, 2.24) is 4.90 Å². The van der Waals surface area contributed by atoms with E-state index in [2.05, 4.69) is 46.1 Å². The topological polar surface area (TPSA) is 66.8 Å². The van der Waals surface area contributed by atoms with Gasteiger partial charge in [-0.25, -0.2) is 0 Å². The van der Waals surface area contributed by atoms with Crippen LogP contribution in [0.5, 0.6) is 0 Å². The molecule has 3 fully saturated rings. The minimum atomic E-state index is -0.624. The molecule has 5 nitrogen and oxygen atoms in total. The summed E-state index contributed by atoms with van der Waals surface area (Å²) < 4.78 is 6.30. The van der Waals surface area contributed by atoms with Gasteiger partial charge in [0.25, 0.3) is 0 Å². The molecule has 1 N–H and O–H groups in total. The van der Waals surface area contributed by atoms with Crippen LogP contribution in [-0.2, 0) is 14.3 Å². The quantitative estimate of drug-likeness (QED) is 0.210. The summed E-state index contributed by atoms with van der Waals surface area (Å²) in [7, 11) is 0. The molecule has 3 saturated carbocycles. The van der Waals surface area contributed by atoms with E-state index in [0.29, 0.717) is 24.4 Å². The molecule has 0 radical (unpaired) electrons.